The minimum absolute atomic E-state index is 0.173. The van der Waals surface area contributed by atoms with E-state index in [1.54, 1.807) is 20.8 Å². The highest BCUT2D eigenvalue weighted by Crippen LogP contribution is 2.20. The smallest absolute Gasteiger partial charge is 0.326 e. The van der Waals surface area contributed by atoms with E-state index in [2.05, 4.69) is 10.6 Å². The molecule has 2 amide bonds. The molecule has 1 heterocycles. The van der Waals surface area contributed by atoms with Crippen LogP contribution in [0.2, 0.25) is 0 Å². The summed E-state index contributed by atoms with van der Waals surface area (Å²) in [4.78, 5) is 33.8. The fraction of sp³-hybridized carbons (Fsp3) is 0.727. The Morgan fingerprint density at radius 1 is 1.47 bits per heavy atom. The summed E-state index contributed by atoms with van der Waals surface area (Å²) in [6, 6.07) is -1.57. The predicted molar refractivity (Wildman–Crippen MR) is 60.2 cm³/mol. The summed E-state index contributed by atoms with van der Waals surface area (Å²) in [6.45, 7) is 5.21. The molecule has 6 heteroatoms. The van der Waals surface area contributed by atoms with Gasteiger partial charge in [-0.25, -0.2) is 4.79 Å². The molecule has 1 rings (SSSR count). The summed E-state index contributed by atoms with van der Waals surface area (Å²) in [5.41, 5.74) is -0.579. The van der Waals surface area contributed by atoms with Crippen molar-refractivity contribution in [2.75, 3.05) is 0 Å². The van der Waals surface area contributed by atoms with Crippen LogP contribution in [-0.4, -0.2) is 35.0 Å². The van der Waals surface area contributed by atoms with E-state index >= 15 is 0 Å². The molecule has 0 radical (unpaired) electrons. The molecule has 6 nitrogen and oxygen atoms in total. The largest absolute Gasteiger partial charge is 0.480 e. The van der Waals surface area contributed by atoms with Gasteiger partial charge in [0.2, 0.25) is 11.8 Å². The van der Waals surface area contributed by atoms with Gasteiger partial charge < -0.3 is 15.7 Å². The molecule has 0 unspecified atom stereocenters. The van der Waals surface area contributed by atoms with Crippen molar-refractivity contribution in [1.29, 1.82) is 0 Å². The minimum atomic E-state index is -1.07. The van der Waals surface area contributed by atoms with Crippen molar-refractivity contribution in [2.24, 2.45) is 5.41 Å². The maximum absolute atomic E-state index is 11.8. The normalized spacial score (nSPS) is 21.8. The number of hydrogen-bond acceptors (Lipinski definition) is 3. The van der Waals surface area contributed by atoms with Crippen LogP contribution >= 0.6 is 0 Å². The predicted octanol–water partition coefficient (Wildman–Crippen LogP) is -0.119. The lowest BCUT2D eigenvalue weighted by molar-refractivity contribution is -0.145. The molecule has 17 heavy (non-hydrogen) atoms. The minimum Gasteiger partial charge on any atom is -0.480 e. The van der Waals surface area contributed by atoms with Crippen LogP contribution in [0.15, 0.2) is 0 Å². The average molecular weight is 242 g/mol. The number of carbonyl (C=O) groups is 3. The van der Waals surface area contributed by atoms with Crippen molar-refractivity contribution in [3.8, 4) is 0 Å². The molecule has 0 aromatic carbocycles. The third-order valence-corrected chi connectivity index (χ3v) is 2.71. The number of carbonyl (C=O) groups excluding carboxylic acids is 2. The van der Waals surface area contributed by atoms with Crippen molar-refractivity contribution in [3.05, 3.63) is 0 Å². The number of amides is 2. The topological polar surface area (TPSA) is 95.5 Å². The van der Waals surface area contributed by atoms with E-state index in [9.17, 15) is 14.4 Å². The lowest BCUT2D eigenvalue weighted by atomic mass is 9.86. The molecule has 1 aliphatic heterocycles. The lowest BCUT2D eigenvalue weighted by Crippen LogP contribution is -2.53. The SMILES string of the molecule is CC(C)(C)[C@H](NC(=O)[C@H]1CCC(=O)N1)C(=O)O. The first kappa shape index (κ1) is 13.5. The van der Waals surface area contributed by atoms with Gasteiger partial charge in [-0.3, -0.25) is 9.59 Å². The first-order valence-electron chi connectivity index (χ1n) is 5.54. The molecule has 0 bridgehead atoms. The highest BCUT2D eigenvalue weighted by atomic mass is 16.4. The summed E-state index contributed by atoms with van der Waals surface area (Å²) in [6.07, 6.45) is 0.729. The number of aliphatic carboxylic acids is 1. The molecule has 2 atom stereocenters. The molecule has 3 N–H and O–H groups in total. The molecule has 0 aromatic heterocycles. The average Bonchev–Trinajstić information content (AvgIpc) is 2.58. The molecule has 1 fully saturated rings. The van der Waals surface area contributed by atoms with Crippen molar-refractivity contribution < 1.29 is 19.5 Å². The van der Waals surface area contributed by atoms with Gasteiger partial charge in [0.1, 0.15) is 12.1 Å². The first-order chi connectivity index (χ1) is 7.71. The molecule has 1 saturated heterocycles. The fourth-order valence-electron chi connectivity index (χ4n) is 1.70. The zero-order valence-electron chi connectivity index (χ0n) is 10.2. The van der Waals surface area contributed by atoms with Gasteiger partial charge in [-0.05, 0) is 11.8 Å². The Labute approximate surface area is 99.8 Å². The van der Waals surface area contributed by atoms with Gasteiger partial charge >= 0.3 is 5.97 Å². The number of rotatable bonds is 3. The second-order valence-electron chi connectivity index (χ2n) is 5.30. The number of carboxylic acid groups (broad SMARTS) is 1. The maximum Gasteiger partial charge on any atom is 0.326 e. The summed E-state index contributed by atoms with van der Waals surface area (Å²) < 4.78 is 0. The standard InChI is InChI=1S/C11H18N2O4/c1-11(2,3)8(10(16)17)13-9(15)6-4-5-7(14)12-6/h6,8H,4-5H2,1-3H3,(H,12,14)(H,13,15)(H,16,17)/t6-,8-/m1/s1. The van der Waals surface area contributed by atoms with Gasteiger partial charge in [-0.2, -0.15) is 0 Å². The summed E-state index contributed by atoms with van der Waals surface area (Å²) in [7, 11) is 0. The number of carboxylic acids is 1. The van der Waals surface area contributed by atoms with Gasteiger partial charge in [0.15, 0.2) is 0 Å². The molecular formula is C11H18N2O4. The van der Waals surface area contributed by atoms with Crippen molar-refractivity contribution in [3.63, 3.8) is 0 Å². The Morgan fingerprint density at radius 3 is 2.41 bits per heavy atom. The zero-order chi connectivity index (χ0) is 13.2. The fourth-order valence-corrected chi connectivity index (χ4v) is 1.70. The van der Waals surface area contributed by atoms with Crippen LogP contribution in [0, 0.1) is 5.41 Å². The molecule has 0 saturated carbocycles. The van der Waals surface area contributed by atoms with Crippen LogP contribution in [0.4, 0.5) is 0 Å². The Kier molecular flexibility index (Phi) is 3.75. The van der Waals surface area contributed by atoms with E-state index in [1.807, 2.05) is 0 Å². The third-order valence-electron chi connectivity index (χ3n) is 2.71. The highest BCUT2D eigenvalue weighted by molar-refractivity contribution is 5.93. The number of hydrogen-bond donors (Lipinski definition) is 3. The summed E-state index contributed by atoms with van der Waals surface area (Å²) in [5, 5.41) is 14.0. The van der Waals surface area contributed by atoms with Gasteiger partial charge in [0, 0.05) is 6.42 Å². The van der Waals surface area contributed by atoms with E-state index in [4.69, 9.17) is 5.11 Å². The number of nitrogens with one attached hydrogen (secondary N) is 2. The molecule has 96 valence electrons. The monoisotopic (exact) mass is 242 g/mol. The van der Waals surface area contributed by atoms with Gasteiger partial charge in [-0.1, -0.05) is 20.8 Å². The summed E-state index contributed by atoms with van der Waals surface area (Å²) >= 11 is 0. The van der Waals surface area contributed by atoms with E-state index in [0.29, 0.717) is 12.8 Å². The quantitative estimate of drug-likeness (QED) is 0.643. The van der Waals surface area contributed by atoms with Crippen LogP contribution in [0.25, 0.3) is 0 Å². The Balaban J connectivity index is 2.65. The van der Waals surface area contributed by atoms with Crippen molar-refractivity contribution in [2.45, 2.75) is 45.7 Å². The van der Waals surface area contributed by atoms with Crippen LogP contribution in [0.3, 0.4) is 0 Å². The van der Waals surface area contributed by atoms with Crippen LogP contribution in [0.1, 0.15) is 33.6 Å². The second kappa shape index (κ2) is 4.73. The van der Waals surface area contributed by atoms with E-state index in [-0.39, 0.29) is 5.91 Å². The second-order valence-corrected chi connectivity index (χ2v) is 5.30. The Bertz CT molecular complexity index is 346. The third kappa shape index (κ3) is 3.44. The molecule has 0 aromatic rings. The van der Waals surface area contributed by atoms with E-state index < -0.39 is 29.4 Å². The van der Waals surface area contributed by atoms with Crippen LogP contribution < -0.4 is 10.6 Å². The lowest BCUT2D eigenvalue weighted by Gasteiger charge is -2.28. The van der Waals surface area contributed by atoms with Crippen LogP contribution in [0.5, 0.6) is 0 Å². The van der Waals surface area contributed by atoms with E-state index in [0.717, 1.165) is 0 Å². The Morgan fingerprint density at radius 2 is 2.06 bits per heavy atom. The maximum atomic E-state index is 11.8. The highest BCUT2D eigenvalue weighted by Gasteiger charge is 2.36. The molecule has 0 spiro atoms. The molecule has 1 aliphatic rings. The Hall–Kier alpha value is -1.59. The van der Waals surface area contributed by atoms with E-state index in [1.165, 1.54) is 0 Å². The van der Waals surface area contributed by atoms with Gasteiger partial charge in [0.05, 0.1) is 0 Å². The van der Waals surface area contributed by atoms with Crippen molar-refractivity contribution >= 4 is 17.8 Å². The van der Waals surface area contributed by atoms with Crippen LogP contribution in [-0.2, 0) is 14.4 Å². The van der Waals surface area contributed by atoms with Gasteiger partial charge in [-0.15, -0.1) is 0 Å². The molecule has 0 aliphatic carbocycles. The summed E-state index contributed by atoms with van der Waals surface area (Å²) in [5.74, 6) is -1.68. The molecular weight excluding hydrogens is 224 g/mol. The van der Waals surface area contributed by atoms with Crippen molar-refractivity contribution in [1.82, 2.24) is 10.6 Å². The first-order valence-corrected chi connectivity index (χ1v) is 5.54. The van der Waals surface area contributed by atoms with Gasteiger partial charge in [0.25, 0.3) is 0 Å². The zero-order valence-corrected chi connectivity index (χ0v) is 10.2.